The Morgan fingerprint density at radius 2 is 1.81 bits per heavy atom. The Balaban J connectivity index is 1.37. The third-order valence-electron chi connectivity index (χ3n) is 5.61. The Labute approximate surface area is 217 Å². The van der Waals surface area contributed by atoms with Crippen LogP contribution in [0.2, 0.25) is 0 Å². The highest BCUT2D eigenvalue weighted by Crippen LogP contribution is 2.34. The van der Waals surface area contributed by atoms with Gasteiger partial charge in [0, 0.05) is 17.3 Å². The average molecular weight is 518 g/mol. The molecule has 0 saturated carbocycles. The van der Waals surface area contributed by atoms with Crippen LogP contribution in [0.5, 0.6) is 5.75 Å². The van der Waals surface area contributed by atoms with E-state index >= 15 is 0 Å². The van der Waals surface area contributed by atoms with Gasteiger partial charge in [0.25, 0.3) is 22.7 Å². The van der Waals surface area contributed by atoms with Crippen molar-refractivity contribution in [1.29, 1.82) is 0 Å². The first-order chi connectivity index (χ1) is 17.7. The molecule has 1 aliphatic heterocycles. The summed E-state index contributed by atoms with van der Waals surface area (Å²) in [7, 11) is 0. The molecule has 0 radical (unpaired) electrons. The second kappa shape index (κ2) is 11.1. The molecule has 1 aliphatic rings. The second-order valence-corrected chi connectivity index (χ2v) is 9.37. The molecule has 0 aliphatic carbocycles. The second-order valence-electron chi connectivity index (χ2n) is 8.38. The molecule has 1 heterocycles. The third-order valence-corrected chi connectivity index (χ3v) is 6.51. The zero-order valence-corrected chi connectivity index (χ0v) is 20.9. The number of nitrogens with one attached hydrogen (secondary N) is 1. The van der Waals surface area contributed by atoms with Crippen LogP contribution in [0.1, 0.15) is 22.3 Å². The summed E-state index contributed by atoms with van der Waals surface area (Å²) in [6.45, 7) is 3.50. The van der Waals surface area contributed by atoms with Gasteiger partial charge in [-0.25, -0.2) is 0 Å². The highest BCUT2D eigenvalue weighted by molar-refractivity contribution is 8.18. The molecule has 0 atom stereocenters. The molecule has 3 aromatic carbocycles. The van der Waals surface area contributed by atoms with E-state index in [0.29, 0.717) is 11.3 Å². The lowest BCUT2D eigenvalue weighted by Gasteiger charge is -2.12. The van der Waals surface area contributed by atoms with Crippen LogP contribution in [0.4, 0.5) is 16.2 Å². The van der Waals surface area contributed by atoms with Gasteiger partial charge in [0.15, 0.2) is 6.61 Å². The molecule has 188 valence electrons. The van der Waals surface area contributed by atoms with E-state index in [-0.39, 0.29) is 35.2 Å². The molecule has 4 rings (SSSR count). The van der Waals surface area contributed by atoms with Crippen LogP contribution in [0.15, 0.2) is 71.6 Å². The van der Waals surface area contributed by atoms with Gasteiger partial charge in [-0.1, -0.05) is 42.5 Å². The number of aryl methyl sites for hydroxylation is 2. The van der Waals surface area contributed by atoms with Crippen LogP contribution >= 0.6 is 11.8 Å². The minimum atomic E-state index is -0.541. The maximum absolute atomic E-state index is 12.8. The number of nitrogens with zero attached hydrogens (tertiary/aromatic N) is 2. The van der Waals surface area contributed by atoms with E-state index in [0.717, 1.165) is 33.5 Å². The molecule has 9 nitrogen and oxygen atoms in total. The van der Waals surface area contributed by atoms with Gasteiger partial charge in [-0.2, -0.15) is 0 Å². The lowest BCUT2D eigenvalue weighted by molar-refractivity contribution is -0.385. The van der Waals surface area contributed by atoms with Crippen molar-refractivity contribution in [2.24, 2.45) is 0 Å². The summed E-state index contributed by atoms with van der Waals surface area (Å²) in [6.07, 6.45) is 1.57. The van der Waals surface area contributed by atoms with Crippen LogP contribution in [0, 0.1) is 24.0 Å². The third kappa shape index (κ3) is 6.22. The molecular weight excluding hydrogens is 494 g/mol. The van der Waals surface area contributed by atoms with E-state index in [1.165, 1.54) is 18.2 Å². The summed E-state index contributed by atoms with van der Waals surface area (Å²) < 4.78 is 5.56. The highest BCUT2D eigenvalue weighted by atomic mass is 32.2. The first-order valence-electron chi connectivity index (χ1n) is 11.3. The summed E-state index contributed by atoms with van der Waals surface area (Å²) in [5, 5.41) is 13.6. The van der Waals surface area contributed by atoms with E-state index in [9.17, 15) is 24.5 Å². The Kier molecular flexibility index (Phi) is 7.69. The highest BCUT2D eigenvalue weighted by Gasteiger charge is 2.36. The van der Waals surface area contributed by atoms with E-state index in [1.54, 1.807) is 36.4 Å². The Morgan fingerprint density at radius 1 is 1.08 bits per heavy atom. The maximum atomic E-state index is 12.8. The number of rotatable bonds is 8. The van der Waals surface area contributed by atoms with Crippen molar-refractivity contribution in [3.05, 3.63) is 104 Å². The quantitative estimate of drug-likeness (QED) is 0.239. The van der Waals surface area contributed by atoms with Crippen molar-refractivity contribution in [3.8, 4) is 5.75 Å². The summed E-state index contributed by atoms with van der Waals surface area (Å²) in [6, 6.07) is 18.5. The van der Waals surface area contributed by atoms with Gasteiger partial charge in [-0.05, 0) is 66.6 Å². The fraction of sp³-hybridized carbons (Fsp3) is 0.148. The molecule has 1 saturated heterocycles. The Morgan fingerprint density at radius 3 is 2.54 bits per heavy atom. The molecule has 3 amide bonds. The molecule has 0 aromatic heterocycles. The summed E-state index contributed by atoms with van der Waals surface area (Å²) >= 11 is 0.776. The van der Waals surface area contributed by atoms with Crippen LogP contribution < -0.4 is 10.1 Å². The van der Waals surface area contributed by atoms with Crippen molar-refractivity contribution < 1.29 is 24.0 Å². The Bertz CT molecular complexity index is 1420. The molecule has 10 heteroatoms. The number of carbonyl (C=O) groups excluding carboxylic acids is 3. The van der Waals surface area contributed by atoms with Gasteiger partial charge in [0.05, 0.1) is 16.4 Å². The molecule has 3 aromatic rings. The van der Waals surface area contributed by atoms with Crippen molar-refractivity contribution >= 4 is 46.3 Å². The van der Waals surface area contributed by atoms with E-state index in [4.69, 9.17) is 4.74 Å². The number of nitro benzene ring substituents is 1. The number of carbonyl (C=O) groups is 3. The van der Waals surface area contributed by atoms with Gasteiger partial charge in [0.2, 0.25) is 0 Å². The van der Waals surface area contributed by atoms with Crippen LogP contribution in [0.3, 0.4) is 0 Å². The number of thioether (sulfide) groups is 1. The largest absolute Gasteiger partial charge is 0.484 e. The van der Waals surface area contributed by atoms with Crippen molar-refractivity contribution in [1.82, 2.24) is 4.90 Å². The van der Waals surface area contributed by atoms with Crippen LogP contribution in [-0.4, -0.2) is 33.5 Å². The number of nitro groups is 1. The maximum Gasteiger partial charge on any atom is 0.293 e. The fourth-order valence-electron chi connectivity index (χ4n) is 3.65. The Hall–Kier alpha value is -4.44. The number of imide groups is 1. The lowest BCUT2D eigenvalue weighted by Crippen LogP contribution is -2.27. The molecule has 0 bridgehead atoms. The smallest absolute Gasteiger partial charge is 0.293 e. The molecule has 1 N–H and O–H groups in total. The predicted molar refractivity (Wildman–Crippen MR) is 141 cm³/mol. The zero-order valence-electron chi connectivity index (χ0n) is 20.1. The van der Waals surface area contributed by atoms with Gasteiger partial charge in [-0.3, -0.25) is 29.4 Å². The number of ether oxygens (including phenoxy) is 1. The number of amides is 3. The van der Waals surface area contributed by atoms with Gasteiger partial charge in [-0.15, -0.1) is 0 Å². The number of para-hydroxylation sites is 1. The van der Waals surface area contributed by atoms with Crippen molar-refractivity contribution in [3.63, 3.8) is 0 Å². The van der Waals surface area contributed by atoms with Crippen molar-refractivity contribution in [2.75, 3.05) is 11.9 Å². The summed E-state index contributed by atoms with van der Waals surface area (Å²) in [4.78, 5) is 49.5. The monoisotopic (exact) mass is 517 g/mol. The number of anilines is 1. The molecule has 0 spiro atoms. The van der Waals surface area contributed by atoms with Crippen LogP contribution in [-0.2, 0) is 16.1 Å². The zero-order chi connectivity index (χ0) is 26.5. The molecule has 37 heavy (non-hydrogen) atoms. The van der Waals surface area contributed by atoms with Gasteiger partial charge >= 0.3 is 0 Å². The topological polar surface area (TPSA) is 119 Å². The first kappa shape index (κ1) is 25.6. The van der Waals surface area contributed by atoms with E-state index < -0.39 is 16.1 Å². The van der Waals surface area contributed by atoms with Crippen LogP contribution in [0.25, 0.3) is 6.08 Å². The van der Waals surface area contributed by atoms with E-state index in [2.05, 4.69) is 5.32 Å². The minimum Gasteiger partial charge on any atom is -0.484 e. The lowest BCUT2D eigenvalue weighted by atomic mass is 10.1. The minimum absolute atomic E-state index is 0.149. The van der Waals surface area contributed by atoms with Gasteiger partial charge in [0.1, 0.15) is 5.75 Å². The predicted octanol–water partition coefficient (Wildman–Crippen LogP) is 5.47. The number of benzene rings is 3. The fourth-order valence-corrected chi connectivity index (χ4v) is 4.48. The van der Waals surface area contributed by atoms with Crippen molar-refractivity contribution in [2.45, 2.75) is 20.4 Å². The molecule has 0 unspecified atom stereocenters. The average Bonchev–Trinajstić information content (AvgIpc) is 3.13. The summed E-state index contributed by atoms with van der Waals surface area (Å²) in [5.41, 5.74) is 3.51. The molecular formula is C27H23N3O6S. The SMILES string of the molecule is Cc1ccc(C)c(NC(=O)COc2ccc(/C=C3\SC(=O)N(Cc4ccccc4[N+](=O)[O-])C3=O)cc2)c1. The number of hydrogen-bond acceptors (Lipinski definition) is 7. The standard InChI is InChI=1S/C27H23N3O6S/c1-17-7-8-18(2)22(13-17)28-25(31)16-36-21-11-9-19(10-12-21)14-24-26(32)29(27(33)37-24)15-20-5-3-4-6-23(20)30(34)35/h3-14H,15-16H2,1-2H3,(H,28,31)/b24-14-. The van der Waals surface area contributed by atoms with E-state index in [1.807, 2.05) is 32.0 Å². The number of hydrogen-bond donors (Lipinski definition) is 1. The summed E-state index contributed by atoms with van der Waals surface area (Å²) in [5.74, 6) is -0.334. The first-order valence-corrected chi connectivity index (χ1v) is 12.1. The molecule has 1 fully saturated rings. The normalized spacial score (nSPS) is 14.2. The van der Waals surface area contributed by atoms with Gasteiger partial charge < -0.3 is 10.1 Å².